The highest BCUT2D eigenvalue weighted by molar-refractivity contribution is 7.99. The van der Waals surface area contributed by atoms with Gasteiger partial charge in [0.15, 0.2) is 11.0 Å². The second-order valence-corrected chi connectivity index (χ2v) is 8.71. The molecular formula is C26H26N4O2S. The van der Waals surface area contributed by atoms with E-state index in [2.05, 4.69) is 53.6 Å². The minimum atomic E-state index is -0.0709. The third-order valence-electron chi connectivity index (χ3n) is 5.16. The summed E-state index contributed by atoms with van der Waals surface area (Å²) in [5.74, 6) is 1.69. The van der Waals surface area contributed by atoms with Gasteiger partial charge in [0.2, 0.25) is 5.91 Å². The Morgan fingerprint density at radius 3 is 2.52 bits per heavy atom. The van der Waals surface area contributed by atoms with Crippen LogP contribution in [0.5, 0.6) is 5.75 Å². The summed E-state index contributed by atoms with van der Waals surface area (Å²) < 4.78 is 7.25. The van der Waals surface area contributed by atoms with E-state index in [1.165, 1.54) is 17.3 Å². The lowest BCUT2D eigenvalue weighted by Crippen LogP contribution is -2.24. The van der Waals surface area contributed by atoms with Crippen molar-refractivity contribution >= 4 is 17.7 Å². The second kappa shape index (κ2) is 10.4. The Labute approximate surface area is 198 Å². The molecule has 0 radical (unpaired) electrons. The van der Waals surface area contributed by atoms with Crippen LogP contribution < -0.4 is 10.1 Å². The average Bonchev–Trinajstić information content (AvgIpc) is 3.26. The quantitative estimate of drug-likeness (QED) is 0.378. The molecule has 0 saturated carbocycles. The molecule has 3 aromatic carbocycles. The Morgan fingerprint density at radius 1 is 0.970 bits per heavy atom. The summed E-state index contributed by atoms with van der Waals surface area (Å²) in [6, 6.07) is 24.0. The third kappa shape index (κ3) is 5.62. The molecule has 1 amide bonds. The number of ether oxygens (including phenoxy) is 1. The normalized spacial score (nSPS) is 10.8. The molecule has 0 aliphatic heterocycles. The monoisotopic (exact) mass is 458 g/mol. The van der Waals surface area contributed by atoms with Crippen molar-refractivity contribution in [3.8, 4) is 22.8 Å². The predicted octanol–water partition coefficient (Wildman–Crippen LogP) is 4.97. The lowest BCUT2D eigenvalue weighted by atomic mass is 10.1. The number of aryl methyl sites for hydroxylation is 2. The Bertz CT molecular complexity index is 1250. The largest absolute Gasteiger partial charge is 0.497 e. The van der Waals surface area contributed by atoms with Crippen LogP contribution in [0.15, 0.2) is 78.0 Å². The fraction of sp³-hybridized carbons (Fsp3) is 0.192. The molecule has 0 fully saturated rings. The van der Waals surface area contributed by atoms with Gasteiger partial charge in [-0.3, -0.25) is 9.36 Å². The maximum absolute atomic E-state index is 12.5. The Morgan fingerprint density at radius 2 is 1.76 bits per heavy atom. The van der Waals surface area contributed by atoms with E-state index >= 15 is 0 Å². The van der Waals surface area contributed by atoms with Crippen LogP contribution in [0.4, 0.5) is 0 Å². The average molecular weight is 459 g/mol. The van der Waals surface area contributed by atoms with Crippen molar-refractivity contribution in [3.05, 3.63) is 89.5 Å². The summed E-state index contributed by atoms with van der Waals surface area (Å²) in [6.45, 7) is 4.55. The number of carbonyl (C=O) groups is 1. The van der Waals surface area contributed by atoms with Crippen LogP contribution in [0.25, 0.3) is 17.1 Å². The van der Waals surface area contributed by atoms with Gasteiger partial charge in [-0.2, -0.15) is 0 Å². The zero-order chi connectivity index (χ0) is 23.2. The first-order chi connectivity index (χ1) is 16.0. The summed E-state index contributed by atoms with van der Waals surface area (Å²) in [4.78, 5) is 12.5. The number of thioether (sulfide) groups is 1. The van der Waals surface area contributed by atoms with Crippen LogP contribution in [-0.2, 0) is 11.3 Å². The first-order valence-electron chi connectivity index (χ1n) is 10.7. The van der Waals surface area contributed by atoms with Crippen molar-refractivity contribution in [1.82, 2.24) is 20.1 Å². The topological polar surface area (TPSA) is 69.0 Å². The fourth-order valence-corrected chi connectivity index (χ4v) is 4.21. The van der Waals surface area contributed by atoms with Gasteiger partial charge >= 0.3 is 0 Å². The van der Waals surface area contributed by atoms with Gasteiger partial charge in [0.1, 0.15) is 5.75 Å². The highest BCUT2D eigenvalue weighted by Crippen LogP contribution is 2.28. The number of aromatic nitrogens is 3. The van der Waals surface area contributed by atoms with Gasteiger partial charge in [-0.25, -0.2) is 0 Å². The lowest BCUT2D eigenvalue weighted by molar-refractivity contribution is -0.118. The fourth-order valence-electron chi connectivity index (χ4n) is 3.43. The van der Waals surface area contributed by atoms with Gasteiger partial charge in [0.05, 0.1) is 12.9 Å². The van der Waals surface area contributed by atoms with Crippen LogP contribution >= 0.6 is 11.8 Å². The zero-order valence-electron chi connectivity index (χ0n) is 18.9. The Balaban J connectivity index is 1.52. The first-order valence-corrected chi connectivity index (χ1v) is 11.6. The number of nitrogens with one attached hydrogen (secondary N) is 1. The maximum atomic E-state index is 12.5. The molecule has 0 aliphatic rings. The van der Waals surface area contributed by atoms with Gasteiger partial charge in [-0.1, -0.05) is 65.4 Å². The number of methoxy groups -OCH3 is 1. The smallest absolute Gasteiger partial charge is 0.230 e. The molecule has 1 N–H and O–H groups in total. The number of benzene rings is 3. The number of amides is 1. The molecule has 33 heavy (non-hydrogen) atoms. The van der Waals surface area contributed by atoms with Crippen molar-refractivity contribution in [2.75, 3.05) is 12.9 Å². The van der Waals surface area contributed by atoms with E-state index in [4.69, 9.17) is 4.74 Å². The molecule has 4 rings (SSSR count). The molecule has 0 spiro atoms. The van der Waals surface area contributed by atoms with E-state index < -0.39 is 0 Å². The van der Waals surface area contributed by atoms with Crippen LogP contribution in [0.1, 0.15) is 16.7 Å². The van der Waals surface area contributed by atoms with E-state index in [0.717, 1.165) is 34.0 Å². The van der Waals surface area contributed by atoms with Crippen LogP contribution in [0, 0.1) is 13.8 Å². The number of nitrogens with zero attached hydrogens (tertiary/aromatic N) is 3. The van der Waals surface area contributed by atoms with E-state index in [9.17, 15) is 4.79 Å². The molecule has 0 bridgehead atoms. The number of carbonyl (C=O) groups excluding carboxylic acids is 1. The van der Waals surface area contributed by atoms with E-state index in [-0.39, 0.29) is 11.7 Å². The van der Waals surface area contributed by atoms with Crippen molar-refractivity contribution < 1.29 is 9.53 Å². The van der Waals surface area contributed by atoms with E-state index in [1.54, 1.807) is 7.11 Å². The third-order valence-corrected chi connectivity index (χ3v) is 6.09. The molecule has 1 heterocycles. The highest BCUT2D eigenvalue weighted by Gasteiger charge is 2.17. The molecular weight excluding hydrogens is 432 g/mol. The van der Waals surface area contributed by atoms with Gasteiger partial charge < -0.3 is 10.1 Å². The van der Waals surface area contributed by atoms with Gasteiger partial charge in [-0.15, -0.1) is 10.2 Å². The van der Waals surface area contributed by atoms with E-state index in [1.807, 2.05) is 53.1 Å². The predicted molar refractivity (Wildman–Crippen MR) is 132 cm³/mol. The number of hydrogen-bond acceptors (Lipinski definition) is 5. The molecule has 7 heteroatoms. The minimum absolute atomic E-state index is 0.0709. The summed E-state index contributed by atoms with van der Waals surface area (Å²) in [5.41, 5.74) is 5.25. The van der Waals surface area contributed by atoms with Crippen molar-refractivity contribution in [2.45, 2.75) is 25.5 Å². The standard InChI is InChI=1S/C26H26N4O2S/c1-18-10-12-22(13-11-18)30-25(21-8-4-6-19(2)14-21)28-29-26(30)33-17-24(31)27-16-20-7-5-9-23(15-20)32-3/h4-15H,16-17H2,1-3H3,(H,27,31). The first kappa shape index (κ1) is 22.6. The molecule has 168 valence electrons. The van der Waals surface area contributed by atoms with Crippen molar-refractivity contribution in [3.63, 3.8) is 0 Å². The van der Waals surface area contributed by atoms with Crippen LogP contribution in [-0.4, -0.2) is 33.5 Å². The molecule has 6 nitrogen and oxygen atoms in total. The highest BCUT2D eigenvalue weighted by atomic mass is 32.2. The van der Waals surface area contributed by atoms with Gasteiger partial charge in [0, 0.05) is 17.8 Å². The molecule has 4 aromatic rings. The maximum Gasteiger partial charge on any atom is 0.230 e. The van der Waals surface area contributed by atoms with Crippen LogP contribution in [0.2, 0.25) is 0 Å². The van der Waals surface area contributed by atoms with Crippen molar-refractivity contribution in [2.24, 2.45) is 0 Å². The minimum Gasteiger partial charge on any atom is -0.497 e. The molecule has 0 atom stereocenters. The number of hydrogen-bond donors (Lipinski definition) is 1. The molecule has 0 aliphatic carbocycles. The SMILES string of the molecule is COc1cccc(CNC(=O)CSc2nnc(-c3cccc(C)c3)n2-c2ccc(C)cc2)c1. The molecule has 1 aromatic heterocycles. The molecule has 0 unspecified atom stereocenters. The van der Waals surface area contributed by atoms with E-state index in [0.29, 0.717) is 11.7 Å². The summed E-state index contributed by atoms with van der Waals surface area (Å²) in [7, 11) is 1.63. The lowest BCUT2D eigenvalue weighted by Gasteiger charge is -2.11. The zero-order valence-corrected chi connectivity index (χ0v) is 19.7. The second-order valence-electron chi connectivity index (χ2n) is 7.76. The Hall–Kier alpha value is -3.58. The van der Waals surface area contributed by atoms with Gasteiger partial charge in [-0.05, 0) is 49.7 Å². The Kier molecular flexibility index (Phi) is 7.10. The molecule has 0 saturated heterocycles. The summed E-state index contributed by atoms with van der Waals surface area (Å²) >= 11 is 1.37. The van der Waals surface area contributed by atoms with Crippen LogP contribution in [0.3, 0.4) is 0 Å². The summed E-state index contributed by atoms with van der Waals surface area (Å²) in [6.07, 6.45) is 0. The summed E-state index contributed by atoms with van der Waals surface area (Å²) in [5, 5.41) is 12.5. The van der Waals surface area contributed by atoms with Gasteiger partial charge in [0.25, 0.3) is 0 Å². The number of rotatable bonds is 8. The van der Waals surface area contributed by atoms with Crippen molar-refractivity contribution in [1.29, 1.82) is 0 Å².